The quantitative estimate of drug-likeness (QED) is 0.841. The summed E-state index contributed by atoms with van der Waals surface area (Å²) in [7, 11) is 0. The topological polar surface area (TPSA) is 49.3 Å². The van der Waals surface area contributed by atoms with Crippen LogP contribution in [-0.4, -0.2) is 29.3 Å². The number of rotatable bonds is 3. The summed E-state index contributed by atoms with van der Waals surface area (Å²) in [6, 6.07) is 0. The van der Waals surface area contributed by atoms with Crippen molar-refractivity contribution < 1.29 is 23.1 Å². The van der Waals surface area contributed by atoms with Crippen LogP contribution in [0.25, 0.3) is 0 Å². The standard InChI is InChI=1S/C15H24F3NO2/c16-15(17,18)12-6-4-5-11(9-12)13(20)19-10-14(21)7-2-1-3-8-14/h11-12,21H,1-10H2,(H,19,20). The minimum Gasteiger partial charge on any atom is -0.388 e. The van der Waals surface area contributed by atoms with E-state index in [9.17, 15) is 23.1 Å². The average molecular weight is 307 g/mol. The van der Waals surface area contributed by atoms with Crippen LogP contribution in [0.2, 0.25) is 0 Å². The second-order valence-electron chi connectivity index (χ2n) is 6.60. The van der Waals surface area contributed by atoms with Gasteiger partial charge in [-0.2, -0.15) is 13.2 Å². The van der Waals surface area contributed by atoms with Crippen molar-refractivity contribution in [2.24, 2.45) is 11.8 Å². The summed E-state index contributed by atoms with van der Waals surface area (Å²) in [5.41, 5.74) is -0.869. The van der Waals surface area contributed by atoms with Crippen molar-refractivity contribution in [1.82, 2.24) is 5.32 Å². The summed E-state index contributed by atoms with van der Waals surface area (Å²) in [6.07, 6.45) is 1.02. The first-order chi connectivity index (χ1) is 9.80. The zero-order valence-corrected chi connectivity index (χ0v) is 12.2. The van der Waals surface area contributed by atoms with E-state index in [0.29, 0.717) is 25.7 Å². The number of carbonyl (C=O) groups is 1. The highest BCUT2D eigenvalue weighted by Crippen LogP contribution is 2.40. The molecule has 2 atom stereocenters. The molecule has 3 nitrogen and oxygen atoms in total. The van der Waals surface area contributed by atoms with Gasteiger partial charge in [0.15, 0.2) is 0 Å². The summed E-state index contributed by atoms with van der Waals surface area (Å²) in [4.78, 5) is 12.1. The van der Waals surface area contributed by atoms with Crippen LogP contribution in [0.4, 0.5) is 13.2 Å². The number of amides is 1. The molecule has 2 N–H and O–H groups in total. The van der Waals surface area contributed by atoms with Crippen LogP contribution in [-0.2, 0) is 4.79 Å². The van der Waals surface area contributed by atoms with Crippen LogP contribution in [0, 0.1) is 11.8 Å². The third-order valence-corrected chi connectivity index (χ3v) is 4.88. The number of aliphatic hydroxyl groups is 1. The van der Waals surface area contributed by atoms with Gasteiger partial charge in [-0.15, -0.1) is 0 Å². The first kappa shape index (κ1) is 16.6. The molecule has 0 aromatic rings. The van der Waals surface area contributed by atoms with E-state index in [2.05, 4.69) is 5.32 Å². The molecule has 2 unspecified atom stereocenters. The van der Waals surface area contributed by atoms with Crippen LogP contribution in [0.15, 0.2) is 0 Å². The zero-order valence-electron chi connectivity index (χ0n) is 12.2. The number of hydrogen-bond donors (Lipinski definition) is 2. The van der Waals surface area contributed by atoms with Gasteiger partial charge in [-0.25, -0.2) is 0 Å². The van der Waals surface area contributed by atoms with Gasteiger partial charge in [0, 0.05) is 12.5 Å². The van der Waals surface area contributed by atoms with Gasteiger partial charge in [-0.1, -0.05) is 25.7 Å². The highest BCUT2D eigenvalue weighted by atomic mass is 19.4. The first-order valence-corrected chi connectivity index (χ1v) is 7.87. The number of alkyl halides is 3. The number of carbonyl (C=O) groups excluding carboxylic acids is 1. The molecular formula is C15H24F3NO2. The van der Waals surface area contributed by atoms with Gasteiger partial charge >= 0.3 is 6.18 Å². The molecule has 0 aliphatic heterocycles. The zero-order chi connectivity index (χ0) is 15.5. The van der Waals surface area contributed by atoms with Gasteiger partial charge < -0.3 is 10.4 Å². The smallest absolute Gasteiger partial charge is 0.388 e. The monoisotopic (exact) mass is 307 g/mol. The Bertz CT molecular complexity index is 364. The molecule has 0 aromatic heterocycles. The Morgan fingerprint density at radius 1 is 1.14 bits per heavy atom. The second kappa shape index (κ2) is 6.55. The van der Waals surface area contributed by atoms with E-state index < -0.39 is 23.6 Å². The minimum absolute atomic E-state index is 0.117. The SMILES string of the molecule is O=C(NCC1(O)CCCCC1)C1CCCC(C(F)(F)F)C1. The fraction of sp³-hybridized carbons (Fsp3) is 0.933. The second-order valence-corrected chi connectivity index (χ2v) is 6.60. The van der Waals surface area contributed by atoms with E-state index >= 15 is 0 Å². The predicted octanol–water partition coefficient (Wildman–Crippen LogP) is 3.17. The van der Waals surface area contributed by atoms with Crippen molar-refractivity contribution >= 4 is 5.91 Å². The molecule has 21 heavy (non-hydrogen) atoms. The van der Waals surface area contributed by atoms with Crippen LogP contribution in [0.3, 0.4) is 0 Å². The molecule has 6 heteroatoms. The maximum absolute atomic E-state index is 12.7. The molecule has 2 aliphatic rings. The Labute approximate surface area is 123 Å². The molecule has 2 saturated carbocycles. The van der Waals surface area contributed by atoms with E-state index in [0.717, 1.165) is 19.3 Å². The summed E-state index contributed by atoms with van der Waals surface area (Å²) < 4.78 is 38.2. The van der Waals surface area contributed by atoms with E-state index in [1.807, 2.05) is 0 Å². The lowest BCUT2D eigenvalue weighted by Crippen LogP contribution is -2.46. The molecule has 1 amide bonds. The molecule has 0 bridgehead atoms. The van der Waals surface area contributed by atoms with Crippen molar-refractivity contribution in [2.45, 2.75) is 69.6 Å². The van der Waals surface area contributed by atoms with Crippen LogP contribution < -0.4 is 5.32 Å². The van der Waals surface area contributed by atoms with E-state index in [-0.39, 0.29) is 25.3 Å². The number of nitrogens with one attached hydrogen (secondary N) is 1. The van der Waals surface area contributed by atoms with Crippen molar-refractivity contribution in [2.75, 3.05) is 6.54 Å². The lowest BCUT2D eigenvalue weighted by molar-refractivity contribution is -0.186. The molecule has 0 aromatic carbocycles. The first-order valence-electron chi connectivity index (χ1n) is 7.87. The Hall–Kier alpha value is -0.780. The Morgan fingerprint density at radius 3 is 2.43 bits per heavy atom. The van der Waals surface area contributed by atoms with Gasteiger partial charge in [0.25, 0.3) is 0 Å². The maximum atomic E-state index is 12.7. The lowest BCUT2D eigenvalue weighted by Gasteiger charge is -2.34. The van der Waals surface area contributed by atoms with Gasteiger partial charge in [0.2, 0.25) is 5.91 Å². The third-order valence-electron chi connectivity index (χ3n) is 4.88. The van der Waals surface area contributed by atoms with Crippen molar-refractivity contribution in [3.8, 4) is 0 Å². The molecule has 0 radical (unpaired) electrons. The largest absolute Gasteiger partial charge is 0.391 e. The highest BCUT2D eigenvalue weighted by Gasteiger charge is 2.43. The molecule has 2 rings (SSSR count). The molecule has 122 valence electrons. The van der Waals surface area contributed by atoms with Crippen LogP contribution >= 0.6 is 0 Å². The summed E-state index contributed by atoms with van der Waals surface area (Å²) in [5.74, 6) is -2.26. The van der Waals surface area contributed by atoms with Gasteiger partial charge in [-0.3, -0.25) is 4.79 Å². The summed E-state index contributed by atoms with van der Waals surface area (Å²) in [6.45, 7) is 0.166. The van der Waals surface area contributed by atoms with Crippen molar-refractivity contribution in [3.63, 3.8) is 0 Å². The number of hydrogen-bond acceptors (Lipinski definition) is 2. The fourth-order valence-electron chi connectivity index (χ4n) is 3.51. The summed E-state index contributed by atoms with van der Waals surface area (Å²) in [5, 5.41) is 13.0. The highest BCUT2D eigenvalue weighted by molar-refractivity contribution is 5.78. The molecule has 0 saturated heterocycles. The third kappa shape index (κ3) is 4.59. The maximum Gasteiger partial charge on any atom is 0.391 e. The molecule has 0 heterocycles. The molecular weight excluding hydrogens is 283 g/mol. The Kier molecular flexibility index (Phi) is 5.17. The van der Waals surface area contributed by atoms with Gasteiger partial charge in [0.05, 0.1) is 11.5 Å². The number of halogens is 3. The average Bonchev–Trinajstić information content (AvgIpc) is 2.45. The van der Waals surface area contributed by atoms with E-state index in [1.165, 1.54) is 0 Å². The van der Waals surface area contributed by atoms with Crippen LogP contribution in [0.1, 0.15) is 57.8 Å². The van der Waals surface area contributed by atoms with Crippen LogP contribution in [0.5, 0.6) is 0 Å². The summed E-state index contributed by atoms with van der Waals surface area (Å²) >= 11 is 0. The minimum atomic E-state index is -4.21. The van der Waals surface area contributed by atoms with Gasteiger partial charge in [-0.05, 0) is 32.1 Å². The van der Waals surface area contributed by atoms with E-state index in [1.54, 1.807) is 0 Å². The Morgan fingerprint density at radius 2 is 1.81 bits per heavy atom. The van der Waals surface area contributed by atoms with Crippen molar-refractivity contribution in [1.29, 1.82) is 0 Å². The normalized spacial score (nSPS) is 29.9. The van der Waals surface area contributed by atoms with E-state index in [4.69, 9.17) is 0 Å². The molecule has 2 aliphatic carbocycles. The molecule has 2 fully saturated rings. The molecule has 0 spiro atoms. The van der Waals surface area contributed by atoms with Crippen molar-refractivity contribution in [3.05, 3.63) is 0 Å². The Balaban J connectivity index is 1.82. The lowest BCUT2D eigenvalue weighted by atomic mass is 9.80. The van der Waals surface area contributed by atoms with Gasteiger partial charge in [0.1, 0.15) is 0 Å². The predicted molar refractivity (Wildman–Crippen MR) is 72.5 cm³/mol. The fourth-order valence-corrected chi connectivity index (χ4v) is 3.51.